The number of hydrogen-bond donors (Lipinski definition) is 0. The molecule has 0 amide bonds. The Kier molecular flexibility index (Phi) is 44.2. The molecular weight excluding hydrogens is 745 g/mol. The molecule has 0 radical (unpaired) electrons. The summed E-state index contributed by atoms with van der Waals surface area (Å²) >= 11 is 0. The fraction of sp³-hybridized carbons (Fsp3) is 0.944. The fourth-order valence-corrected chi connectivity index (χ4v) is 8.12. The number of carbonyl (C=O) groups excluding carboxylic acids is 3. The van der Waals surface area contributed by atoms with Gasteiger partial charge in [-0.05, 0) is 37.0 Å². The van der Waals surface area contributed by atoms with Gasteiger partial charge in [-0.1, -0.05) is 253 Å². The Balaban J connectivity index is 4.29. The van der Waals surface area contributed by atoms with Gasteiger partial charge in [0.2, 0.25) is 0 Å². The fourth-order valence-electron chi connectivity index (χ4n) is 8.12. The van der Waals surface area contributed by atoms with Gasteiger partial charge in [-0.25, -0.2) is 0 Å². The van der Waals surface area contributed by atoms with Gasteiger partial charge in [0.1, 0.15) is 13.2 Å². The van der Waals surface area contributed by atoms with E-state index in [-0.39, 0.29) is 31.1 Å². The molecule has 0 spiro atoms. The second-order valence-corrected chi connectivity index (χ2v) is 19.9. The van der Waals surface area contributed by atoms with Crippen molar-refractivity contribution in [3.05, 3.63) is 0 Å². The molecule has 0 heterocycles. The molecule has 0 bridgehead atoms. The van der Waals surface area contributed by atoms with E-state index in [1.54, 1.807) is 0 Å². The molecule has 0 fully saturated rings. The standard InChI is InChI=1S/C54H104O6/c1-48(2)40-34-28-22-16-12-10-8-7-9-11-13-19-27-33-39-45-54(57)60-51(47-59-53(56)44-38-32-26-21-20-24-30-36-42-50(5)6)46-58-52(55)43-37-31-25-18-15-14-17-23-29-35-41-49(3)4/h48-51H,7-47H2,1-6H3/t51-/m0/s1. The quantitative estimate of drug-likeness (QED) is 0.0345. The van der Waals surface area contributed by atoms with E-state index in [1.165, 1.54) is 173 Å². The van der Waals surface area contributed by atoms with Crippen molar-refractivity contribution in [2.45, 2.75) is 298 Å². The van der Waals surface area contributed by atoms with Crippen LogP contribution in [0.2, 0.25) is 0 Å². The highest BCUT2D eigenvalue weighted by Gasteiger charge is 2.19. The highest BCUT2D eigenvalue weighted by molar-refractivity contribution is 5.71. The molecular formula is C54H104O6. The molecule has 0 rings (SSSR count). The van der Waals surface area contributed by atoms with Crippen molar-refractivity contribution < 1.29 is 28.6 Å². The van der Waals surface area contributed by atoms with Crippen molar-refractivity contribution in [3.8, 4) is 0 Å². The summed E-state index contributed by atoms with van der Waals surface area (Å²) in [5.74, 6) is 1.61. The van der Waals surface area contributed by atoms with E-state index in [0.717, 1.165) is 75.5 Å². The Morgan fingerprint density at radius 1 is 0.283 bits per heavy atom. The summed E-state index contributed by atoms with van der Waals surface area (Å²) in [5.41, 5.74) is 0. The number of carbonyl (C=O) groups is 3. The van der Waals surface area contributed by atoms with Gasteiger partial charge in [-0.3, -0.25) is 14.4 Å². The molecule has 0 aliphatic rings. The van der Waals surface area contributed by atoms with Crippen LogP contribution in [0.4, 0.5) is 0 Å². The molecule has 0 saturated heterocycles. The van der Waals surface area contributed by atoms with Gasteiger partial charge in [-0.15, -0.1) is 0 Å². The van der Waals surface area contributed by atoms with E-state index in [1.807, 2.05) is 0 Å². The molecule has 0 aliphatic heterocycles. The summed E-state index contributed by atoms with van der Waals surface area (Å²) in [6.45, 7) is 13.7. The van der Waals surface area contributed by atoms with Crippen molar-refractivity contribution in [1.29, 1.82) is 0 Å². The third-order valence-corrected chi connectivity index (χ3v) is 12.1. The average molecular weight is 849 g/mol. The van der Waals surface area contributed by atoms with E-state index in [2.05, 4.69) is 41.5 Å². The van der Waals surface area contributed by atoms with Crippen LogP contribution in [0.5, 0.6) is 0 Å². The van der Waals surface area contributed by atoms with E-state index in [9.17, 15) is 14.4 Å². The first kappa shape index (κ1) is 58.4. The van der Waals surface area contributed by atoms with Crippen molar-refractivity contribution in [2.24, 2.45) is 17.8 Å². The highest BCUT2D eigenvalue weighted by atomic mass is 16.6. The van der Waals surface area contributed by atoms with Crippen LogP contribution in [0.25, 0.3) is 0 Å². The summed E-state index contributed by atoms with van der Waals surface area (Å²) in [6.07, 6.45) is 45.3. The second kappa shape index (κ2) is 45.4. The van der Waals surface area contributed by atoms with Gasteiger partial charge in [0.15, 0.2) is 6.10 Å². The maximum absolute atomic E-state index is 12.8. The lowest BCUT2D eigenvalue weighted by molar-refractivity contribution is -0.167. The molecule has 0 saturated carbocycles. The molecule has 0 aromatic carbocycles. The Hall–Kier alpha value is -1.59. The normalized spacial score (nSPS) is 12.2. The SMILES string of the molecule is CC(C)CCCCCCCCCCCCCCCCCC(=O)O[C@@H](COC(=O)CCCCCCCCCCCCC(C)C)COC(=O)CCCCCCCCCCC(C)C. The topological polar surface area (TPSA) is 78.9 Å². The summed E-state index contributed by atoms with van der Waals surface area (Å²) in [5, 5.41) is 0. The number of esters is 3. The molecule has 0 unspecified atom stereocenters. The number of hydrogen-bond acceptors (Lipinski definition) is 6. The lowest BCUT2D eigenvalue weighted by Gasteiger charge is -2.18. The van der Waals surface area contributed by atoms with Crippen molar-refractivity contribution in [1.82, 2.24) is 0 Å². The molecule has 0 aromatic heterocycles. The van der Waals surface area contributed by atoms with Crippen LogP contribution in [0.3, 0.4) is 0 Å². The van der Waals surface area contributed by atoms with Crippen LogP contribution in [-0.2, 0) is 28.6 Å². The Bertz CT molecular complexity index is 929. The second-order valence-electron chi connectivity index (χ2n) is 19.9. The van der Waals surface area contributed by atoms with E-state index >= 15 is 0 Å². The summed E-state index contributed by atoms with van der Waals surface area (Å²) in [7, 11) is 0. The van der Waals surface area contributed by atoms with Gasteiger partial charge in [0.05, 0.1) is 0 Å². The van der Waals surface area contributed by atoms with Gasteiger partial charge in [0, 0.05) is 19.3 Å². The van der Waals surface area contributed by atoms with Crippen LogP contribution >= 0.6 is 0 Å². The Morgan fingerprint density at radius 3 is 0.717 bits per heavy atom. The third kappa shape index (κ3) is 47.5. The molecule has 356 valence electrons. The summed E-state index contributed by atoms with van der Waals surface area (Å²) < 4.78 is 16.8. The average Bonchev–Trinajstić information content (AvgIpc) is 3.20. The lowest BCUT2D eigenvalue weighted by Crippen LogP contribution is -2.30. The number of rotatable bonds is 47. The molecule has 60 heavy (non-hydrogen) atoms. The van der Waals surface area contributed by atoms with Crippen LogP contribution in [-0.4, -0.2) is 37.2 Å². The predicted molar refractivity (Wildman–Crippen MR) is 256 cm³/mol. The molecule has 0 N–H and O–H groups in total. The summed E-state index contributed by atoms with van der Waals surface area (Å²) in [6, 6.07) is 0. The minimum Gasteiger partial charge on any atom is -0.462 e. The largest absolute Gasteiger partial charge is 0.462 e. The Labute approximate surface area is 374 Å². The highest BCUT2D eigenvalue weighted by Crippen LogP contribution is 2.18. The third-order valence-electron chi connectivity index (χ3n) is 12.1. The number of unbranched alkanes of at least 4 members (excludes halogenated alkanes) is 30. The van der Waals surface area contributed by atoms with Crippen LogP contribution < -0.4 is 0 Å². The monoisotopic (exact) mass is 849 g/mol. The van der Waals surface area contributed by atoms with Gasteiger partial charge < -0.3 is 14.2 Å². The Morgan fingerprint density at radius 2 is 0.483 bits per heavy atom. The first-order valence-electron chi connectivity index (χ1n) is 26.6. The van der Waals surface area contributed by atoms with E-state index in [0.29, 0.717) is 19.3 Å². The molecule has 0 aromatic rings. The van der Waals surface area contributed by atoms with Crippen molar-refractivity contribution >= 4 is 17.9 Å². The van der Waals surface area contributed by atoms with Crippen LogP contribution in [0.15, 0.2) is 0 Å². The maximum atomic E-state index is 12.8. The lowest BCUT2D eigenvalue weighted by atomic mass is 10.0. The van der Waals surface area contributed by atoms with E-state index in [4.69, 9.17) is 14.2 Å². The van der Waals surface area contributed by atoms with Crippen LogP contribution in [0, 0.1) is 17.8 Å². The number of ether oxygens (including phenoxy) is 3. The molecule has 6 nitrogen and oxygen atoms in total. The van der Waals surface area contributed by atoms with Crippen molar-refractivity contribution in [3.63, 3.8) is 0 Å². The zero-order valence-corrected chi connectivity index (χ0v) is 41.3. The smallest absolute Gasteiger partial charge is 0.306 e. The summed E-state index contributed by atoms with van der Waals surface area (Å²) in [4.78, 5) is 38.0. The zero-order chi connectivity index (χ0) is 44.2. The maximum Gasteiger partial charge on any atom is 0.306 e. The predicted octanol–water partition coefficient (Wildman–Crippen LogP) is 17.2. The molecule has 0 aliphatic carbocycles. The minimum atomic E-state index is -0.763. The molecule has 6 heteroatoms. The van der Waals surface area contributed by atoms with Gasteiger partial charge >= 0.3 is 17.9 Å². The van der Waals surface area contributed by atoms with E-state index < -0.39 is 6.10 Å². The minimum absolute atomic E-state index is 0.0648. The van der Waals surface area contributed by atoms with Gasteiger partial charge in [-0.2, -0.15) is 0 Å². The zero-order valence-electron chi connectivity index (χ0n) is 41.3. The molecule has 1 atom stereocenters. The van der Waals surface area contributed by atoms with Crippen molar-refractivity contribution in [2.75, 3.05) is 13.2 Å². The first-order chi connectivity index (χ1) is 29.1. The van der Waals surface area contributed by atoms with Gasteiger partial charge in [0.25, 0.3) is 0 Å². The van der Waals surface area contributed by atoms with Crippen LogP contribution in [0.1, 0.15) is 292 Å². The first-order valence-corrected chi connectivity index (χ1v) is 26.6.